The second-order valence-corrected chi connectivity index (χ2v) is 6.20. The Kier molecular flexibility index (Phi) is 4.92. The van der Waals surface area contributed by atoms with Crippen molar-refractivity contribution in [2.45, 2.75) is 25.2 Å². The van der Waals surface area contributed by atoms with Crippen LogP contribution in [-0.2, 0) is 16.4 Å². The van der Waals surface area contributed by atoms with Crippen LogP contribution in [0.3, 0.4) is 0 Å². The Labute approximate surface area is 123 Å². The molecule has 0 atom stereocenters. The smallest absolute Gasteiger partial charge is 0.240 e. The van der Waals surface area contributed by atoms with Crippen LogP contribution in [0.1, 0.15) is 18.6 Å². The van der Waals surface area contributed by atoms with E-state index in [4.69, 9.17) is 4.52 Å². The van der Waals surface area contributed by atoms with Crippen LogP contribution >= 0.6 is 0 Å². The molecule has 1 aromatic heterocycles. The number of nitrogens with one attached hydrogen (secondary N) is 2. The molecule has 114 valence electrons. The lowest BCUT2D eigenvalue weighted by atomic mass is 10.3. The molecule has 7 nitrogen and oxygen atoms in total. The summed E-state index contributed by atoms with van der Waals surface area (Å²) in [5, 5.41) is 6.82. The number of aryl methyl sites for hydroxylation is 1. The van der Waals surface area contributed by atoms with Crippen LogP contribution < -0.4 is 10.0 Å². The molecule has 0 spiro atoms. The molecule has 2 aromatic rings. The molecule has 0 aliphatic heterocycles. The third kappa shape index (κ3) is 4.27. The van der Waals surface area contributed by atoms with Crippen LogP contribution in [0, 0.1) is 6.92 Å². The molecule has 0 fully saturated rings. The molecule has 0 radical (unpaired) electrons. The summed E-state index contributed by atoms with van der Waals surface area (Å²) >= 11 is 0. The monoisotopic (exact) mass is 310 g/mol. The lowest BCUT2D eigenvalue weighted by Gasteiger charge is -2.07. The van der Waals surface area contributed by atoms with Gasteiger partial charge < -0.3 is 9.84 Å². The summed E-state index contributed by atoms with van der Waals surface area (Å²) in [5.74, 6) is 0.949. The van der Waals surface area contributed by atoms with Gasteiger partial charge in [0.15, 0.2) is 5.82 Å². The number of nitrogens with zero attached hydrogens (tertiary/aromatic N) is 2. The van der Waals surface area contributed by atoms with Gasteiger partial charge >= 0.3 is 0 Å². The first kappa shape index (κ1) is 15.5. The molecule has 0 bridgehead atoms. The highest BCUT2D eigenvalue weighted by atomic mass is 32.2. The summed E-state index contributed by atoms with van der Waals surface area (Å²) in [6.07, 6.45) is 0.381. The fourth-order valence-electron chi connectivity index (χ4n) is 1.78. The molecule has 0 amide bonds. The van der Waals surface area contributed by atoms with Crippen molar-refractivity contribution in [2.75, 3.05) is 18.4 Å². The Bertz CT molecular complexity index is 680. The van der Waals surface area contributed by atoms with E-state index in [2.05, 4.69) is 20.2 Å². The Morgan fingerprint density at radius 2 is 1.95 bits per heavy atom. The predicted octanol–water partition coefficient (Wildman–Crippen LogP) is 1.33. The summed E-state index contributed by atoms with van der Waals surface area (Å²) in [4.78, 5) is 4.24. The minimum atomic E-state index is -3.52. The minimum Gasteiger partial charge on any atom is -0.385 e. The quantitative estimate of drug-likeness (QED) is 0.801. The lowest BCUT2D eigenvalue weighted by Crippen LogP contribution is -2.26. The highest BCUT2D eigenvalue weighted by Crippen LogP contribution is 2.13. The van der Waals surface area contributed by atoms with E-state index in [9.17, 15) is 8.42 Å². The van der Waals surface area contributed by atoms with Gasteiger partial charge in [-0.3, -0.25) is 0 Å². The van der Waals surface area contributed by atoms with Gasteiger partial charge in [0, 0.05) is 32.1 Å². The Morgan fingerprint density at radius 1 is 1.24 bits per heavy atom. The molecule has 0 aliphatic carbocycles. The largest absolute Gasteiger partial charge is 0.385 e. The maximum Gasteiger partial charge on any atom is 0.240 e. The van der Waals surface area contributed by atoms with E-state index in [0.717, 1.165) is 12.2 Å². The Balaban J connectivity index is 1.94. The molecule has 0 aliphatic rings. The summed E-state index contributed by atoms with van der Waals surface area (Å²) in [6.45, 7) is 4.67. The van der Waals surface area contributed by atoms with Crippen LogP contribution in [0.5, 0.6) is 0 Å². The molecule has 2 rings (SSSR count). The number of sulfonamides is 1. The molecule has 8 heteroatoms. The number of benzene rings is 1. The molecular formula is C13H18N4O3S. The van der Waals surface area contributed by atoms with Crippen LogP contribution in [0.25, 0.3) is 0 Å². The van der Waals surface area contributed by atoms with Gasteiger partial charge in [-0.1, -0.05) is 5.16 Å². The van der Waals surface area contributed by atoms with Gasteiger partial charge in [0.05, 0.1) is 4.90 Å². The van der Waals surface area contributed by atoms with E-state index in [1.807, 2.05) is 6.92 Å². The van der Waals surface area contributed by atoms with E-state index in [-0.39, 0.29) is 11.4 Å². The van der Waals surface area contributed by atoms with Gasteiger partial charge in [0.2, 0.25) is 15.9 Å². The van der Waals surface area contributed by atoms with Gasteiger partial charge in [-0.05, 0) is 31.2 Å². The maximum atomic E-state index is 12.1. The fourth-order valence-corrected chi connectivity index (χ4v) is 2.81. The molecule has 2 N–H and O–H groups in total. The summed E-state index contributed by atoms with van der Waals surface area (Å²) in [6, 6.07) is 6.61. The van der Waals surface area contributed by atoms with Crippen molar-refractivity contribution in [1.82, 2.24) is 14.9 Å². The summed E-state index contributed by atoms with van der Waals surface area (Å²) in [5.41, 5.74) is 0.888. The summed E-state index contributed by atoms with van der Waals surface area (Å²) < 4.78 is 31.5. The van der Waals surface area contributed by atoms with Crippen molar-refractivity contribution in [1.29, 1.82) is 0 Å². The second-order valence-electron chi connectivity index (χ2n) is 4.43. The Hall–Kier alpha value is -1.93. The average Bonchev–Trinajstić information content (AvgIpc) is 2.85. The van der Waals surface area contributed by atoms with Crippen molar-refractivity contribution in [2.24, 2.45) is 0 Å². The first-order valence-electron chi connectivity index (χ1n) is 6.64. The van der Waals surface area contributed by atoms with Crippen LogP contribution in [0.2, 0.25) is 0 Å². The van der Waals surface area contributed by atoms with Crippen molar-refractivity contribution in [3.63, 3.8) is 0 Å². The molecule has 21 heavy (non-hydrogen) atoms. The van der Waals surface area contributed by atoms with E-state index in [1.54, 1.807) is 31.2 Å². The molecule has 0 saturated heterocycles. The zero-order chi connectivity index (χ0) is 15.3. The Morgan fingerprint density at radius 3 is 2.52 bits per heavy atom. The van der Waals surface area contributed by atoms with E-state index >= 15 is 0 Å². The van der Waals surface area contributed by atoms with E-state index in [0.29, 0.717) is 18.1 Å². The van der Waals surface area contributed by atoms with Crippen LogP contribution in [0.4, 0.5) is 5.69 Å². The minimum absolute atomic E-state index is 0.219. The summed E-state index contributed by atoms with van der Waals surface area (Å²) in [7, 11) is -3.52. The molecular weight excluding hydrogens is 292 g/mol. The highest BCUT2D eigenvalue weighted by Gasteiger charge is 2.13. The third-order valence-corrected chi connectivity index (χ3v) is 4.23. The number of hydrogen-bond acceptors (Lipinski definition) is 6. The normalized spacial score (nSPS) is 11.5. The van der Waals surface area contributed by atoms with Crippen LogP contribution in [0.15, 0.2) is 33.7 Å². The molecule has 0 saturated carbocycles. The highest BCUT2D eigenvalue weighted by molar-refractivity contribution is 7.89. The van der Waals surface area contributed by atoms with Gasteiger partial charge in [-0.25, -0.2) is 13.1 Å². The maximum absolute atomic E-state index is 12.1. The van der Waals surface area contributed by atoms with E-state index < -0.39 is 10.0 Å². The van der Waals surface area contributed by atoms with E-state index in [1.165, 1.54) is 0 Å². The van der Waals surface area contributed by atoms with Crippen molar-refractivity contribution in [3.8, 4) is 0 Å². The molecule has 1 aromatic carbocycles. The van der Waals surface area contributed by atoms with Crippen molar-refractivity contribution < 1.29 is 12.9 Å². The second kappa shape index (κ2) is 6.68. The van der Waals surface area contributed by atoms with Gasteiger partial charge in [0.25, 0.3) is 0 Å². The zero-order valence-corrected chi connectivity index (χ0v) is 12.8. The number of anilines is 1. The first-order chi connectivity index (χ1) is 10.0. The number of aromatic nitrogens is 2. The average molecular weight is 310 g/mol. The number of hydrogen-bond donors (Lipinski definition) is 2. The number of rotatable bonds is 7. The first-order valence-corrected chi connectivity index (χ1v) is 8.12. The van der Waals surface area contributed by atoms with Gasteiger partial charge in [-0.15, -0.1) is 0 Å². The zero-order valence-electron chi connectivity index (χ0n) is 12.0. The van der Waals surface area contributed by atoms with Crippen molar-refractivity contribution in [3.05, 3.63) is 36.0 Å². The topological polar surface area (TPSA) is 97.1 Å². The van der Waals surface area contributed by atoms with Gasteiger partial charge in [-0.2, -0.15) is 4.98 Å². The fraction of sp³-hybridized carbons (Fsp3) is 0.385. The van der Waals surface area contributed by atoms with Gasteiger partial charge in [0.1, 0.15) is 0 Å². The predicted molar refractivity (Wildman–Crippen MR) is 78.5 cm³/mol. The SMILES string of the molecule is CCNc1ccc(S(=O)(=O)NCCc2noc(C)n2)cc1. The molecule has 1 heterocycles. The van der Waals surface area contributed by atoms with Crippen LogP contribution in [-0.4, -0.2) is 31.6 Å². The molecule has 0 unspecified atom stereocenters. The standard InChI is InChI=1S/C13H18N4O3S/c1-3-14-11-4-6-12(7-5-11)21(18,19)15-9-8-13-16-10(2)20-17-13/h4-7,14-15H,3,8-9H2,1-2H3. The third-order valence-electron chi connectivity index (χ3n) is 2.76. The lowest BCUT2D eigenvalue weighted by molar-refractivity contribution is 0.387. The van der Waals surface area contributed by atoms with Crippen molar-refractivity contribution >= 4 is 15.7 Å².